The summed E-state index contributed by atoms with van der Waals surface area (Å²) in [5.74, 6) is 0.369. The second kappa shape index (κ2) is 9.10. The number of hydrogen-bond donors (Lipinski definition) is 1. The SMILES string of the molecule is Cc1ccc(OCCCC(=O)Nc2nc(-c3ccc(F)cc3)cs2)c(Br)c1. The molecule has 0 bridgehead atoms. The topological polar surface area (TPSA) is 51.2 Å². The van der Waals surface area contributed by atoms with E-state index in [4.69, 9.17) is 4.74 Å². The summed E-state index contributed by atoms with van der Waals surface area (Å²) in [5, 5.41) is 5.15. The number of thiazole rings is 1. The first-order valence-electron chi connectivity index (χ1n) is 8.41. The average molecular weight is 449 g/mol. The molecule has 1 amide bonds. The Morgan fingerprint density at radius 1 is 1.26 bits per heavy atom. The summed E-state index contributed by atoms with van der Waals surface area (Å²) in [5.41, 5.74) is 2.67. The molecule has 2 aromatic carbocycles. The van der Waals surface area contributed by atoms with E-state index in [0.717, 1.165) is 21.3 Å². The Kier molecular flexibility index (Phi) is 6.58. The number of benzene rings is 2. The lowest BCUT2D eigenvalue weighted by Gasteiger charge is -2.08. The van der Waals surface area contributed by atoms with Crippen LogP contribution >= 0.6 is 27.3 Å². The number of amides is 1. The minimum absolute atomic E-state index is 0.110. The van der Waals surface area contributed by atoms with Crippen molar-refractivity contribution in [3.05, 3.63) is 63.7 Å². The molecule has 1 aromatic heterocycles. The van der Waals surface area contributed by atoms with Crippen molar-refractivity contribution in [2.45, 2.75) is 19.8 Å². The molecule has 0 aliphatic rings. The lowest BCUT2D eigenvalue weighted by atomic mass is 10.2. The molecule has 1 N–H and O–H groups in total. The van der Waals surface area contributed by atoms with Crippen molar-refractivity contribution in [1.29, 1.82) is 0 Å². The van der Waals surface area contributed by atoms with Crippen LogP contribution in [0, 0.1) is 12.7 Å². The van der Waals surface area contributed by atoms with Crippen LogP contribution in [0.5, 0.6) is 5.75 Å². The largest absolute Gasteiger partial charge is 0.492 e. The minimum atomic E-state index is -0.289. The Labute approximate surface area is 169 Å². The zero-order valence-corrected chi connectivity index (χ0v) is 17.1. The second-order valence-electron chi connectivity index (χ2n) is 5.98. The van der Waals surface area contributed by atoms with Gasteiger partial charge in [0.2, 0.25) is 5.91 Å². The maximum atomic E-state index is 13.0. The zero-order valence-electron chi connectivity index (χ0n) is 14.7. The summed E-state index contributed by atoms with van der Waals surface area (Å²) in [7, 11) is 0. The molecular formula is C20H18BrFN2O2S. The molecule has 0 radical (unpaired) electrons. The Balaban J connectivity index is 1.45. The third-order valence-corrected chi connectivity index (χ3v) is 5.16. The molecule has 0 fully saturated rings. The molecule has 0 aliphatic heterocycles. The number of ether oxygens (including phenoxy) is 1. The normalized spacial score (nSPS) is 10.6. The summed E-state index contributed by atoms with van der Waals surface area (Å²) in [6.07, 6.45) is 0.942. The zero-order chi connectivity index (χ0) is 19.2. The van der Waals surface area contributed by atoms with Crippen LogP contribution in [0.15, 0.2) is 52.3 Å². The van der Waals surface area contributed by atoms with E-state index in [1.54, 1.807) is 12.1 Å². The van der Waals surface area contributed by atoms with Crippen molar-refractivity contribution < 1.29 is 13.9 Å². The summed E-state index contributed by atoms with van der Waals surface area (Å²) in [6, 6.07) is 12.0. The molecule has 4 nitrogen and oxygen atoms in total. The number of aryl methyl sites for hydroxylation is 1. The van der Waals surface area contributed by atoms with Crippen LogP contribution in [0.4, 0.5) is 9.52 Å². The summed E-state index contributed by atoms with van der Waals surface area (Å²) < 4.78 is 19.6. The van der Waals surface area contributed by atoms with Crippen LogP contribution in [0.25, 0.3) is 11.3 Å². The van der Waals surface area contributed by atoms with E-state index in [2.05, 4.69) is 26.2 Å². The molecule has 1 heterocycles. The summed E-state index contributed by atoms with van der Waals surface area (Å²) >= 11 is 4.81. The van der Waals surface area contributed by atoms with Gasteiger partial charge in [0.1, 0.15) is 11.6 Å². The highest BCUT2D eigenvalue weighted by Gasteiger charge is 2.09. The number of carbonyl (C=O) groups is 1. The van der Waals surface area contributed by atoms with Crippen LogP contribution in [-0.4, -0.2) is 17.5 Å². The molecule has 7 heteroatoms. The fourth-order valence-corrected chi connectivity index (χ4v) is 3.75. The molecule has 0 saturated heterocycles. The number of nitrogens with zero attached hydrogens (tertiary/aromatic N) is 1. The van der Waals surface area contributed by atoms with Crippen molar-refractivity contribution in [3.63, 3.8) is 0 Å². The van der Waals surface area contributed by atoms with Gasteiger partial charge in [-0.25, -0.2) is 9.37 Å². The standard InChI is InChI=1S/C20H18BrFN2O2S/c1-13-4-9-18(16(21)11-13)26-10-2-3-19(25)24-20-23-17(12-27-20)14-5-7-15(22)8-6-14/h4-9,11-12H,2-3,10H2,1H3,(H,23,24,25). The van der Waals surface area contributed by atoms with Crippen LogP contribution in [0.3, 0.4) is 0 Å². The van der Waals surface area contributed by atoms with Gasteiger partial charge < -0.3 is 10.1 Å². The lowest BCUT2D eigenvalue weighted by molar-refractivity contribution is -0.116. The minimum Gasteiger partial charge on any atom is -0.492 e. The van der Waals surface area contributed by atoms with E-state index < -0.39 is 0 Å². The van der Waals surface area contributed by atoms with Crippen molar-refractivity contribution in [2.75, 3.05) is 11.9 Å². The monoisotopic (exact) mass is 448 g/mol. The lowest BCUT2D eigenvalue weighted by Crippen LogP contribution is -2.12. The van der Waals surface area contributed by atoms with Crippen LogP contribution < -0.4 is 10.1 Å². The van der Waals surface area contributed by atoms with Gasteiger partial charge in [0, 0.05) is 17.4 Å². The molecule has 0 aliphatic carbocycles. The fraction of sp³-hybridized carbons (Fsp3) is 0.200. The first kappa shape index (κ1) is 19.5. The van der Waals surface area contributed by atoms with Gasteiger partial charge in [-0.15, -0.1) is 11.3 Å². The van der Waals surface area contributed by atoms with Crippen molar-refractivity contribution in [3.8, 4) is 17.0 Å². The first-order chi connectivity index (χ1) is 13.0. The van der Waals surface area contributed by atoms with Gasteiger partial charge in [-0.3, -0.25) is 4.79 Å². The summed E-state index contributed by atoms with van der Waals surface area (Å²) in [4.78, 5) is 16.4. The Hall–Kier alpha value is -2.25. The van der Waals surface area contributed by atoms with Gasteiger partial charge in [-0.05, 0) is 71.2 Å². The van der Waals surface area contributed by atoms with Gasteiger partial charge in [0.05, 0.1) is 16.8 Å². The van der Waals surface area contributed by atoms with Gasteiger partial charge in [-0.2, -0.15) is 0 Å². The predicted octanol–water partition coefficient (Wildman–Crippen LogP) is 5.82. The smallest absolute Gasteiger partial charge is 0.226 e. The number of nitrogens with one attached hydrogen (secondary N) is 1. The third-order valence-electron chi connectivity index (χ3n) is 3.78. The molecule has 140 valence electrons. The fourth-order valence-electron chi connectivity index (χ4n) is 2.40. The Morgan fingerprint density at radius 2 is 2.04 bits per heavy atom. The predicted molar refractivity (Wildman–Crippen MR) is 110 cm³/mol. The van der Waals surface area contributed by atoms with Gasteiger partial charge in [0.15, 0.2) is 5.13 Å². The van der Waals surface area contributed by atoms with E-state index in [9.17, 15) is 9.18 Å². The molecule has 0 saturated carbocycles. The molecule has 0 spiro atoms. The number of rotatable bonds is 7. The second-order valence-corrected chi connectivity index (χ2v) is 7.69. The molecule has 0 unspecified atom stereocenters. The Bertz CT molecular complexity index is 928. The quantitative estimate of drug-likeness (QED) is 0.463. The van der Waals surface area contributed by atoms with Gasteiger partial charge >= 0.3 is 0 Å². The number of aromatic nitrogens is 1. The highest BCUT2D eigenvalue weighted by atomic mass is 79.9. The van der Waals surface area contributed by atoms with Crippen molar-refractivity contribution in [2.24, 2.45) is 0 Å². The van der Waals surface area contributed by atoms with Crippen molar-refractivity contribution >= 4 is 38.3 Å². The molecule has 27 heavy (non-hydrogen) atoms. The van der Waals surface area contributed by atoms with Crippen LogP contribution in [-0.2, 0) is 4.79 Å². The van der Waals surface area contributed by atoms with Crippen LogP contribution in [0.2, 0.25) is 0 Å². The van der Waals surface area contributed by atoms with Crippen molar-refractivity contribution in [1.82, 2.24) is 4.98 Å². The number of hydrogen-bond acceptors (Lipinski definition) is 4. The maximum Gasteiger partial charge on any atom is 0.226 e. The molecule has 3 rings (SSSR count). The molecule has 0 atom stereocenters. The number of halogens is 2. The molecular weight excluding hydrogens is 431 g/mol. The van der Waals surface area contributed by atoms with E-state index in [-0.39, 0.29) is 11.7 Å². The van der Waals surface area contributed by atoms with E-state index in [1.807, 2.05) is 30.5 Å². The van der Waals surface area contributed by atoms with Gasteiger partial charge in [-0.1, -0.05) is 6.07 Å². The average Bonchev–Trinajstić information content (AvgIpc) is 3.09. The van der Waals surface area contributed by atoms with E-state index in [1.165, 1.54) is 23.5 Å². The first-order valence-corrected chi connectivity index (χ1v) is 10.1. The van der Waals surface area contributed by atoms with Gasteiger partial charge in [0.25, 0.3) is 0 Å². The summed E-state index contributed by atoms with van der Waals surface area (Å²) in [6.45, 7) is 2.47. The number of anilines is 1. The van der Waals surface area contributed by atoms with E-state index >= 15 is 0 Å². The number of carbonyl (C=O) groups excluding carboxylic acids is 1. The highest BCUT2D eigenvalue weighted by Crippen LogP contribution is 2.26. The maximum absolute atomic E-state index is 13.0. The van der Waals surface area contributed by atoms with Crippen LogP contribution in [0.1, 0.15) is 18.4 Å². The highest BCUT2D eigenvalue weighted by molar-refractivity contribution is 9.10. The van der Waals surface area contributed by atoms with E-state index in [0.29, 0.717) is 30.3 Å². The Morgan fingerprint density at radius 3 is 2.78 bits per heavy atom. The third kappa shape index (κ3) is 5.61. The molecule has 3 aromatic rings.